The highest BCUT2D eigenvalue weighted by Gasteiger charge is 2.17. The molecule has 8 N–H and O–H groups in total. The first-order chi connectivity index (χ1) is 25.7. The summed E-state index contributed by atoms with van der Waals surface area (Å²) in [6.07, 6.45) is 0.871. The van der Waals surface area contributed by atoms with Gasteiger partial charge in [0.1, 0.15) is 0 Å². The third-order valence-electron chi connectivity index (χ3n) is 8.90. The average molecular weight is 791 g/mol. The lowest BCUT2D eigenvalue weighted by Gasteiger charge is -2.17. The van der Waals surface area contributed by atoms with E-state index < -0.39 is 23.8 Å². The zero-order chi connectivity index (χ0) is 39.1. The van der Waals surface area contributed by atoms with E-state index in [1.165, 1.54) is 0 Å². The standard InChI is InChI=1S/C21H19BrN2O3.C21H21N3O3/c2*1-13-12-15(21(23)27)4-9-18(13)24-17(8-11-20(25)26)7-10-19(24)14-2-5-16(22)6-3-14/h2-7,9-10,12H,8,11H2,1H3,(H2,23,27)(H,25,26);2-7,9-10,12H,8,11,22H2,1H3,(H2,23,27)(H,25,26). The van der Waals surface area contributed by atoms with Gasteiger partial charge in [-0.05, 0) is 134 Å². The highest BCUT2D eigenvalue weighted by Crippen LogP contribution is 2.32. The number of carbonyl (C=O) groups excluding carboxylic acids is 2. The molecule has 6 rings (SSSR count). The summed E-state index contributed by atoms with van der Waals surface area (Å²) < 4.78 is 5.05. The van der Waals surface area contributed by atoms with Gasteiger partial charge >= 0.3 is 11.9 Å². The molecular weight excluding hydrogens is 750 g/mol. The number of carbonyl (C=O) groups is 4. The molecule has 0 aliphatic rings. The number of hydrogen-bond donors (Lipinski definition) is 5. The molecule has 12 heteroatoms. The van der Waals surface area contributed by atoms with Gasteiger partial charge in [-0.2, -0.15) is 0 Å². The number of nitrogens with two attached hydrogens (primary N) is 3. The minimum atomic E-state index is -0.849. The number of amides is 2. The van der Waals surface area contributed by atoms with Crippen molar-refractivity contribution in [3.63, 3.8) is 0 Å². The number of aryl methyl sites for hydroxylation is 4. The van der Waals surface area contributed by atoms with Crippen molar-refractivity contribution in [2.24, 2.45) is 11.5 Å². The Balaban J connectivity index is 0.000000208. The molecule has 2 amide bonds. The lowest BCUT2D eigenvalue weighted by atomic mass is 10.1. The molecule has 0 fully saturated rings. The summed E-state index contributed by atoms with van der Waals surface area (Å²) in [6.45, 7) is 3.81. The summed E-state index contributed by atoms with van der Waals surface area (Å²) in [5, 5.41) is 18.1. The highest BCUT2D eigenvalue weighted by molar-refractivity contribution is 9.10. The number of carboxylic acids is 2. The Kier molecular flexibility index (Phi) is 12.2. The Bertz CT molecular complexity index is 2180. The van der Waals surface area contributed by atoms with Crippen LogP contribution in [0.15, 0.2) is 114 Å². The molecule has 0 atom stereocenters. The maximum absolute atomic E-state index is 11.5. The van der Waals surface area contributed by atoms with Crippen molar-refractivity contribution in [2.75, 3.05) is 5.73 Å². The number of nitrogen functional groups attached to an aromatic ring is 1. The average Bonchev–Trinajstić information content (AvgIpc) is 3.75. The van der Waals surface area contributed by atoms with Crippen LogP contribution in [0.25, 0.3) is 33.9 Å². The van der Waals surface area contributed by atoms with Gasteiger partial charge in [0.2, 0.25) is 11.8 Å². The first-order valence-corrected chi connectivity index (χ1v) is 17.8. The molecule has 4 aromatic carbocycles. The first kappa shape index (κ1) is 38.8. The fourth-order valence-corrected chi connectivity index (χ4v) is 6.50. The van der Waals surface area contributed by atoms with Crippen LogP contribution < -0.4 is 17.2 Å². The summed E-state index contributed by atoms with van der Waals surface area (Å²) in [5.41, 5.74) is 27.2. The maximum Gasteiger partial charge on any atom is 0.303 e. The summed E-state index contributed by atoms with van der Waals surface area (Å²) in [6, 6.07) is 33.8. The van der Waals surface area contributed by atoms with Crippen LogP contribution in [0.1, 0.15) is 56.1 Å². The SMILES string of the molecule is Cc1cc(C(N)=O)ccc1-n1c(CCC(=O)O)ccc1-c1ccc(Br)cc1.Cc1cc(C(N)=O)ccc1-n1c(CCC(=O)O)ccc1-c1ccc(N)cc1. The van der Waals surface area contributed by atoms with Gasteiger partial charge in [-0.25, -0.2) is 0 Å². The fraction of sp³-hybridized carbons (Fsp3) is 0.143. The number of rotatable bonds is 12. The van der Waals surface area contributed by atoms with Crippen molar-refractivity contribution in [3.8, 4) is 33.9 Å². The van der Waals surface area contributed by atoms with E-state index in [1.54, 1.807) is 24.3 Å². The molecular formula is C42H40BrN5O6. The quantitative estimate of drug-likeness (QED) is 0.0792. The largest absolute Gasteiger partial charge is 0.481 e. The van der Waals surface area contributed by atoms with Gasteiger partial charge in [0.15, 0.2) is 0 Å². The fourth-order valence-electron chi connectivity index (χ4n) is 6.23. The van der Waals surface area contributed by atoms with Gasteiger partial charge in [0.05, 0.1) is 24.2 Å². The second-order valence-electron chi connectivity index (χ2n) is 12.7. The topological polar surface area (TPSA) is 197 Å². The van der Waals surface area contributed by atoms with Crippen LogP contribution in [0.2, 0.25) is 0 Å². The van der Waals surface area contributed by atoms with Gasteiger partial charge < -0.3 is 36.5 Å². The summed E-state index contributed by atoms with van der Waals surface area (Å²) in [5.74, 6) is -2.65. The number of anilines is 1. The lowest BCUT2D eigenvalue weighted by Crippen LogP contribution is -2.12. The van der Waals surface area contributed by atoms with Gasteiger partial charge in [-0.1, -0.05) is 40.2 Å². The monoisotopic (exact) mass is 789 g/mol. The van der Waals surface area contributed by atoms with E-state index >= 15 is 0 Å². The molecule has 0 unspecified atom stereocenters. The molecule has 0 saturated heterocycles. The van der Waals surface area contributed by atoms with Crippen LogP contribution in [0.3, 0.4) is 0 Å². The number of hydrogen-bond acceptors (Lipinski definition) is 5. The van der Waals surface area contributed by atoms with Gasteiger partial charge in [-0.15, -0.1) is 0 Å². The van der Waals surface area contributed by atoms with Crippen molar-refractivity contribution < 1.29 is 29.4 Å². The van der Waals surface area contributed by atoms with Crippen molar-refractivity contribution >= 4 is 45.4 Å². The summed E-state index contributed by atoms with van der Waals surface area (Å²) in [7, 11) is 0. The minimum Gasteiger partial charge on any atom is -0.481 e. The van der Waals surface area contributed by atoms with E-state index in [0.29, 0.717) is 29.7 Å². The number of benzene rings is 4. The van der Waals surface area contributed by atoms with E-state index in [1.807, 2.05) is 108 Å². The summed E-state index contributed by atoms with van der Waals surface area (Å²) in [4.78, 5) is 45.0. The van der Waals surface area contributed by atoms with E-state index in [-0.39, 0.29) is 12.8 Å². The van der Waals surface area contributed by atoms with Crippen molar-refractivity contribution in [2.45, 2.75) is 39.5 Å². The third-order valence-corrected chi connectivity index (χ3v) is 9.43. The Morgan fingerprint density at radius 1 is 0.574 bits per heavy atom. The van der Waals surface area contributed by atoms with Crippen LogP contribution in [0.5, 0.6) is 0 Å². The molecule has 0 bridgehead atoms. The predicted octanol–water partition coefficient (Wildman–Crippen LogP) is 7.48. The van der Waals surface area contributed by atoms with Gasteiger partial charge in [-0.3, -0.25) is 19.2 Å². The number of nitrogens with zero attached hydrogens (tertiary/aromatic N) is 2. The zero-order valence-corrected chi connectivity index (χ0v) is 31.3. The number of carboxylic acid groups (broad SMARTS) is 2. The van der Waals surface area contributed by atoms with E-state index in [2.05, 4.69) is 15.9 Å². The second-order valence-corrected chi connectivity index (χ2v) is 13.7. The number of primary amides is 2. The molecule has 0 saturated carbocycles. The van der Waals surface area contributed by atoms with Crippen molar-refractivity contribution in [3.05, 3.63) is 147 Å². The van der Waals surface area contributed by atoms with Crippen LogP contribution >= 0.6 is 15.9 Å². The van der Waals surface area contributed by atoms with Gasteiger partial charge in [0.25, 0.3) is 0 Å². The first-order valence-electron chi connectivity index (χ1n) is 17.0. The molecule has 0 radical (unpaired) electrons. The molecule has 6 aromatic rings. The van der Waals surface area contributed by atoms with Crippen molar-refractivity contribution in [1.82, 2.24) is 9.13 Å². The molecule has 0 spiro atoms. The zero-order valence-electron chi connectivity index (χ0n) is 29.8. The minimum absolute atomic E-state index is 0.0314. The normalized spacial score (nSPS) is 10.7. The molecule has 2 heterocycles. The second kappa shape index (κ2) is 17.0. The number of aromatic nitrogens is 2. The molecule has 11 nitrogen and oxygen atoms in total. The molecule has 276 valence electrons. The Hall–Kier alpha value is -6.40. The Labute approximate surface area is 320 Å². The van der Waals surface area contributed by atoms with Crippen LogP contribution in [0, 0.1) is 13.8 Å². The Morgan fingerprint density at radius 2 is 0.963 bits per heavy atom. The van der Waals surface area contributed by atoms with Crippen molar-refractivity contribution in [1.29, 1.82) is 0 Å². The Morgan fingerprint density at radius 3 is 1.31 bits per heavy atom. The molecule has 54 heavy (non-hydrogen) atoms. The number of halogens is 1. The van der Waals surface area contributed by atoms with Crippen LogP contribution in [-0.4, -0.2) is 43.1 Å². The highest BCUT2D eigenvalue weighted by atomic mass is 79.9. The number of aliphatic carboxylic acids is 2. The van der Waals surface area contributed by atoms with E-state index in [9.17, 15) is 19.2 Å². The third kappa shape index (κ3) is 9.14. The maximum atomic E-state index is 11.5. The van der Waals surface area contributed by atoms with E-state index in [4.69, 9.17) is 27.4 Å². The van der Waals surface area contributed by atoms with E-state index in [0.717, 1.165) is 60.9 Å². The smallest absolute Gasteiger partial charge is 0.303 e. The van der Waals surface area contributed by atoms with Crippen LogP contribution in [-0.2, 0) is 22.4 Å². The lowest BCUT2D eigenvalue weighted by molar-refractivity contribution is -0.138. The molecule has 0 aliphatic heterocycles. The molecule has 2 aromatic heterocycles. The predicted molar refractivity (Wildman–Crippen MR) is 213 cm³/mol. The van der Waals surface area contributed by atoms with Gasteiger partial charge in [0, 0.05) is 44.0 Å². The summed E-state index contributed by atoms with van der Waals surface area (Å²) >= 11 is 3.44. The van der Waals surface area contributed by atoms with Crippen LogP contribution in [0.4, 0.5) is 5.69 Å². The molecule has 0 aliphatic carbocycles.